The van der Waals surface area contributed by atoms with Crippen molar-refractivity contribution >= 4 is 15.7 Å². The van der Waals surface area contributed by atoms with Gasteiger partial charge in [-0.3, -0.25) is 4.79 Å². The summed E-state index contributed by atoms with van der Waals surface area (Å²) >= 11 is 0. The molecule has 98 valence electrons. The molecule has 0 radical (unpaired) electrons. The number of sulfone groups is 1. The molecule has 1 aliphatic rings. The number of carbonyl (C=O) groups excluding carboxylic acids is 1. The van der Waals surface area contributed by atoms with Crippen molar-refractivity contribution in [2.24, 2.45) is 0 Å². The van der Waals surface area contributed by atoms with E-state index in [0.717, 1.165) is 0 Å². The maximum Gasteiger partial charge on any atom is 0.219 e. The largest absolute Gasteiger partial charge is 0.342 e. The molecule has 1 unspecified atom stereocenters. The molecule has 0 bridgehead atoms. The Kier molecular flexibility index (Phi) is 9.52. The molecule has 1 heterocycles. The van der Waals surface area contributed by atoms with Crippen molar-refractivity contribution < 1.29 is 13.2 Å². The molecule has 0 spiro atoms. The molecule has 1 amide bonds. The molecule has 0 aromatic heterocycles. The Hall–Kier alpha value is -0.580. The van der Waals surface area contributed by atoms with Gasteiger partial charge in [0.1, 0.15) is 0 Å². The topological polar surface area (TPSA) is 54.5 Å². The van der Waals surface area contributed by atoms with Crippen LogP contribution in [0.25, 0.3) is 0 Å². The molecule has 1 aliphatic heterocycles. The van der Waals surface area contributed by atoms with Crippen LogP contribution in [0.5, 0.6) is 0 Å². The molecule has 0 aromatic carbocycles. The lowest BCUT2D eigenvalue weighted by Crippen LogP contribution is -2.36. The first-order valence-corrected chi connectivity index (χ1v) is 7.68. The van der Waals surface area contributed by atoms with E-state index in [0.29, 0.717) is 6.42 Å². The fourth-order valence-corrected chi connectivity index (χ4v) is 3.11. The fraction of sp³-hybridized carbons (Fsp3) is 0.909. The molecule has 0 aliphatic carbocycles. The Labute approximate surface area is 99.9 Å². The predicted molar refractivity (Wildman–Crippen MR) is 68.2 cm³/mol. The lowest BCUT2D eigenvalue weighted by atomic mass is 10.2. The van der Waals surface area contributed by atoms with Crippen LogP contribution in [-0.4, -0.2) is 43.8 Å². The molecular formula is C11H25NO3S. The fourth-order valence-electron chi connectivity index (χ4n) is 1.34. The molecule has 5 heteroatoms. The van der Waals surface area contributed by atoms with Gasteiger partial charge in [-0.25, -0.2) is 8.42 Å². The van der Waals surface area contributed by atoms with E-state index in [2.05, 4.69) is 0 Å². The van der Waals surface area contributed by atoms with Crippen LogP contribution in [0.1, 0.15) is 41.0 Å². The molecule has 0 aromatic rings. The summed E-state index contributed by atoms with van der Waals surface area (Å²) in [6.45, 7) is 9.45. The van der Waals surface area contributed by atoms with Crippen LogP contribution in [0.2, 0.25) is 0 Å². The van der Waals surface area contributed by atoms with E-state index in [4.69, 9.17) is 0 Å². The summed E-state index contributed by atoms with van der Waals surface area (Å²) < 4.78 is 22.1. The Morgan fingerprint density at radius 3 is 1.88 bits per heavy atom. The van der Waals surface area contributed by atoms with Crippen molar-refractivity contribution in [2.45, 2.75) is 47.1 Å². The third kappa shape index (κ3) is 6.10. The van der Waals surface area contributed by atoms with Gasteiger partial charge >= 0.3 is 0 Å². The first kappa shape index (κ1) is 17.8. The van der Waals surface area contributed by atoms with Crippen LogP contribution in [0.15, 0.2) is 0 Å². The summed E-state index contributed by atoms with van der Waals surface area (Å²) in [7, 11) is -1.22. The minimum Gasteiger partial charge on any atom is -0.342 e. The number of hydrogen-bond acceptors (Lipinski definition) is 3. The van der Waals surface area contributed by atoms with Crippen molar-refractivity contribution in [2.75, 3.05) is 18.6 Å². The molecule has 1 atom stereocenters. The third-order valence-electron chi connectivity index (χ3n) is 2.25. The first-order chi connectivity index (χ1) is 7.42. The predicted octanol–water partition coefficient (Wildman–Crippen LogP) is 1.70. The van der Waals surface area contributed by atoms with Crippen LogP contribution in [-0.2, 0) is 14.6 Å². The van der Waals surface area contributed by atoms with E-state index in [1.807, 2.05) is 27.7 Å². The highest BCUT2D eigenvalue weighted by Gasteiger charge is 2.31. The highest BCUT2D eigenvalue weighted by Crippen LogP contribution is 2.16. The van der Waals surface area contributed by atoms with Crippen molar-refractivity contribution in [3.8, 4) is 0 Å². The minimum atomic E-state index is -2.87. The zero-order valence-electron chi connectivity index (χ0n) is 11.3. The van der Waals surface area contributed by atoms with Crippen molar-refractivity contribution in [1.82, 2.24) is 4.90 Å². The van der Waals surface area contributed by atoms with Gasteiger partial charge in [0.05, 0.1) is 11.5 Å². The Morgan fingerprint density at radius 1 is 1.19 bits per heavy atom. The summed E-state index contributed by atoms with van der Waals surface area (Å²) in [5, 5.41) is 0. The maximum atomic E-state index is 11.0. The lowest BCUT2D eigenvalue weighted by molar-refractivity contribution is -0.129. The van der Waals surface area contributed by atoms with Crippen molar-refractivity contribution in [3.05, 3.63) is 0 Å². The van der Waals surface area contributed by atoms with Gasteiger partial charge in [-0.05, 0) is 6.42 Å². The molecule has 4 nitrogen and oxygen atoms in total. The SMILES string of the molecule is CC.CC.CC(=O)N(C)C1CCS(=O)(=O)C1. The van der Waals surface area contributed by atoms with Gasteiger partial charge in [0.25, 0.3) is 0 Å². The molecule has 0 N–H and O–H groups in total. The van der Waals surface area contributed by atoms with Gasteiger partial charge in [0, 0.05) is 20.0 Å². The lowest BCUT2D eigenvalue weighted by Gasteiger charge is -2.21. The number of carbonyl (C=O) groups is 1. The van der Waals surface area contributed by atoms with Gasteiger partial charge in [-0.15, -0.1) is 0 Å². The van der Waals surface area contributed by atoms with E-state index in [9.17, 15) is 13.2 Å². The number of amides is 1. The van der Waals surface area contributed by atoms with E-state index in [1.165, 1.54) is 11.8 Å². The third-order valence-corrected chi connectivity index (χ3v) is 4.00. The van der Waals surface area contributed by atoms with Gasteiger partial charge in [0.15, 0.2) is 9.84 Å². The molecule has 0 saturated carbocycles. The maximum absolute atomic E-state index is 11.0. The normalized spacial score (nSPS) is 21.0. The van der Waals surface area contributed by atoms with Gasteiger partial charge < -0.3 is 4.90 Å². The standard InChI is InChI=1S/C7H13NO3S.2C2H6/c1-6(9)8(2)7-3-4-12(10,11)5-7;2*1-2/h7H,3-5H2,1-2H3;2*1-2H3. The highest BCUT2D eigenvalue weighted by atomic mass is 32.2. The Balaban J connectivity index is 0. The number of rotatable bonds is 1. The zero-order valence-corrected chi connectivity index (χ0v) is 12.1. The minimum absolute atomic E-state index is 0.0721. The Morgan fingerprint density at radius 2 is 1.62 bits per heavy atom. The zero-order chi connectivity index (χ0) is 13.4. The van der Waals surface area contributed by atoms with Crippen LogP contribution >= 0.6 is 0 Å². The molecule has 1 fully saturated rings. The van der Waals surface area contributed by atoms with Crippen LogP contribution in [0, 0.1) is 0 Å². The molecule has 16 heavy (non-hydrogen) atoms. The monoisotopic (exact) mass is 251 g/mol. The first-order valence-electron chi connectivity index (χ1n) is 5.86. The van der Waals surface area contributed by atoms with Gasteiger partial charge in [-0.1, -0.05) is 27.7 Å². The van der Waals surface area contributed by atoms with Crippen molar-refractivity contribution in [3.63, 3.8) is 0 Å². The average molecular weight is 251 g/mol. The quantitative estimate of drug-likeness (QED) is 0.713. The summed E-state index contributed by atoms with van der Waals surface area (Å²) in [6, 6.07) is -0.104. The summed E-state index contributed by atoms with van der Waals surface area (Å²) in [5.41, 5.74) is 0. The van der Waals surface area contributed by atoms with Crippen LogP contribution in [0.3, 0.4) is 0 Å². The second-order valence-corrected chi connectivity index (χ2v) is 5.42. The highest BCUT2D eigenvalue weighted by molar-refractivity contribution is 7.91. The van der Waals surface area contributed by atoms with E-state index in [1.54, 1.807) is 7.05 Å². The smallest absolute Gasteiger partial charge is 0.219 e. The van der Waals surface area contributed by atoms with E-state index >= 15 is 0 Å². The van der Waals surface area contributed by atoms with Crippen LogP contribution < -0.4 is 0 Å². The molecular weight excluding hydrogens is 226 g/mol. The summed E-state index contributed by atoms with van der Waals surface area (Å²) in [4.78, 5) is 12.4. The van der Waals surface area contributed by atoms with Crippen LogP contribution in [0.4, 0.5) is 0 Å². The van der Waals surface area contributed by atoms with Crippen molar-refractivity contribution in [1.29, 1.82) is 0 Å². The number of hydrogen-bond donors (Lipinski definition) is 0. The van der Waals surface area contributed by atoms with E-state index in [-0.39, 0.29) is 23.5 Å². The van der Waals surface area contributed by atoms with Gasteiger partial charge in [0.2, 0.25) is 5.91 Å². The second kappa shape index (κ2) is 8.56. The summed E-state index contributed by atoms with van der Waals surface area (Å²) in [5.74, 6) is 0.273. The second-order valence-electron chi connectivity index (χ2n) is 3.19. The molecule has 1 saturated heterocycles. The molecule has 1 rings (SSSR count). The average Bonchev–Trinajstić information content (AvgIpc) is 2.63. The van der Waals surface area contributed by atoms with Gasteiger partial charge in [-0.2, -0.15) is 0 Å². The Bertz CT molecular complexity index is 286. The summed E-state index contributed by atoms with van der Waals surface area (Å²) in [6.07, 6.45) is 0.582. The number of nitrogens with zero attached hydrogens (tertiary/aromatic N) is 1. The van der Waals surface area contributed by atoms with E-state index < -0.39 is 9.84 Å².